The van der Waals surface area contributed by atoms with Crippen LogP contribution in [0.25, 0.3) is 10.9 Å². The molecule has 1 aliphatic heterocycles. The van der Waals surface area contributed by atoms with Gasteiger partial charge in [0, 0.05) is 11.8 Å². The number of ether oxygens (including phenoxy) is 5. The molecule has 2 heterocycles. The van der Waals surface area contributed by atoms with Gasteiger partial charge in [-0.05, 0) is 49.7 Å². The highest BCUT2D eigenvalue weighted by molar-refractivity contribution is 6.04. The first-order valence-corrected chi connectivity index (χ1v) is 13.9. The molecule has 12 heteroatoms. The molecule has 0 aliphatic carbocycles. The topological polar surface area (TPSA) is 138 Å². The molecule has 1 amide bonds. The lowest BCUT2D eigenvalue weighted by molar-refractivity contribution is 0.0523. The van der Waals surface area contributed by atoms with Crippen molar-refractivity contribution in [2.75, 3.05) is 26.4 Å². The highest BCUT2D eigenvalue weighted by Gasteiger charge is 2.29. The summed E-state index contributed by atoms with van der Waals surface area (Å²) in [5, 5.41) is 10.5. The van der Waals surface area contributed by atoms with Gasteiger partial charge in [-0.25, -0.2) is 14.0 Å². The first-order valence-electron chi connectivity index (χ1n) is 13.9. The molecule has 3 aromatic carbocycles. The minimum Gasteiger partial charge on any atom is -0.490 e. The van der Waals surface area contributed by atoms with Crippen molar-refractivity contribution >= 4 is 28.8 Å². The second-order valence-corrected chi connectivity index (χ2v) is 9.86. The molecule has 228 valence electrons. The molecule has 1 atom stereocenters. The summed E-state index contributed by atoms with van der Waals surface area (Å²) in [4.78, 5) is 37.4. The summed E-state index contributed by atoms with van der Waals surface area (Å²) in [6, 6.07) is 16.4. The number of halogens is 1. The Morgan fingerprint density at radius 2 is 1.80 bits per heavy atom. The van der Waals surface area contributed by atoms with E-state index in [2.05, 4.69) is 5.32 Å². The monoisotopic (exact) mass is 603 g/mol. The van der Waals surface area contributed by atoms with Crippen LogP contribution in [0, 0.1) is 11.2 Å². The number of aromatic nitrogens is 1. The second-order valence-electron chi connectivity index (χ2n) is 9.86. The number of amidine groups is 1. The van der Waals surface area contributed by atoms with Crippen molar-refractivity contribution in [3.8, 4) is 17.2 Å². The van der Waals surface area contributed by atoms with E-state index in [1.807, 2.05) is 37.3 Å². The lowest BCUT2D eigenvalue weighted by Gasteiger charge is -2.28. The number of nitrogens with zero attached hydrogens (tertiary/aromatic N) is 1. The molecule has 0 saturated heterocycles. The van der Waals surface area contributed by atoms with E-state index >= 15 is 4.39 Å². The maximum atomic E-state index is 15.2. The minimum absolute atomic E-state index is 0.0113. The number of hydrogen-bond donors (Lipinski definition) is 2. The molecule has 1 aromatic heterocycles. The number of alkyl carbamates (subject to hydrolysis) is 1. The van der Waals surface area contributed by atoms with Crippen LogP contribution in [-0.2, 0) is 16.1 Å². The average molecular weight is 604 g/mol. The molecule has 2 N–H and O–H groups in total. The zero-order valence-electron chi connectivity index (χ0n) is 24.1. The van der Waals surface area contributed by atoms with Gasteiger partial charge in [-0.15, -0.1) is 0 Å². The molecule has 0 spiro atoms. The van der Waals surface area contributed by atoms with Crippen LogP contribution in [0.15, 0.2) is 71.7 Å². The van der Waals surface area contributed by atoms with E-state index in [1.165, 1.54) is 6.20 Å². The Balaban J connectivity index is 1.19. The van der Waals surface area contributed by atoms with Crippen molar-refractivity contribution in [3.05, 3.63) is 99.6 Å². The lowest BCUT2D eigenvalue weighted by Crippen LogP contribution is -2.30. The van der Waals surface area contributed by atoms with E-state index in [4.69, 9.17) is 29.1 Å². The van der Waals surface area contributed by atoms with Gasteiger partial charge in [0.2, 0.25) is 5.43 Å². The summed E-state index contributed by atoms with van der Waals surface area (Å²) in [6.07, 6.45) is 0.669. The normalized spacial score (nSPS) is 13.5. The molecule has 44 heavy (non-hydrogen) atoms. The molecular weight excluding hydrogens is 573 g/mol. The van der Waals surface area contributed by atoms with Gasteiger partial charge in [-0.2, -0.15) is 0 Å². The van der Waals surface area contributed by atoms with Crippen molar-refractivity contribution < 1.29 is 37.7 Å². The first kappa shape index (κ1) is 30.1. The highest BCUT2D eigenvalue weighted by atomic mass is 19.1. The Hall–Kier alpha value is -5.39. The molecule has 0 bridgehead atoms. The number of nitrogens with one attached hydrogen (secondary N) is 2. The Kier molecular flexibility index (Phi) is 9.08. The van der Waals surface area contributed by atoms with E-state index in [0.29, 0.717) is 16.8 Å². The van der Waals surface area contributed by atoms with Gasteiger partial charge >= 0.3 is 12.1 Å². The molecule has 11 nitrogen and oxygen atoms in total. The fraction of sp³-hybridized carbons (Fsp3) is 0.250. The van der Waals surface area contributed by atoms with Gasteiger partial charge in [-0.1, -0.05) is 30.3 Å². The van der Waals surface area contributed by atoms with Gasteiger partial charge in [0.15, 0.2) is 17.3 Å². The molecule has 5 rings (SSSR count). The van der Waals surface area contributed by atoms with Gasteiger partial charge in [0.05, 0.1) is 23.6 Å². The largest absolute Gasteiger partial charge is 0.490 e. The van der Waals surface area contributed by atoms with Crippen molar-refractivity contribution in [1.29, 1.82) is 5.41 Å². The quantitative estimate of drug-likeness (QED) is 0.112. The van der Waals surface area contributed by atoms with Crippen molar-refractivity contribution in [3.63, 3.8) is 0 Å². The third kappa shape index (κ3) is 6.48. The van der Waals surface area contributed by atoms with Crippen LogP contribution in [0.5, 0.6) is 17.2 Å². The Morgan fingerprint density at radius 3 is 2.52 bits per heavy atom. The fourth-order valence-electron chi connectivity index (χ4n) is 4.64. The van der Waals surface area contributed by atoms with Crippen molar-refractivity contribution in [1.82, 2.24) is 9.88 Å². The summed E-state index contributed by atoms with van der Waals surface area (Å²) in [5.41, 5.74) is 0.758. The molecule has 0 radical (unpaired) electrons. The molecule has 0 saturated carbocycles. The Labute approximate surface area is 251 Å². The maximum absolute atomic E-state index is 15.2. The van der Waals surface area contributed by atoms with Gasteiger partial charge in [0.1, 0.15) is 43.6 Å². The number of pyridine rings is 1. The predicted molar refractivity (Wildman–Crippen MR) is 158 cm³/mol. The van der Waals surface area contributed by atoms with Gasteiger partial charge in [-0.3, -0.25) is 15.5 Å². The average Bonchev–Trinajstić information content (AvgIpc) is 3.02. The molecule has 4 aromatic rings. The smallest absolute Gasteiger partial charge is 0.413 e. The van der Waals surface area contributed by atoms with Crippen molar-refractivity contribution in [2.24, 2.45) is 0 Å². The predicted octanol–water partition coefficient (Wildman–Crippen LogP) is 4.98. The summed E-state index contributed by atoms with van der Waals surface area (Å²) >= 11 is 0. The SMILES string of the molecule is CCOC(=O)c1cn2c3c(c(OCCOc4ccc(C(=N)NC(=O)OCc5ccccc5)cc4)c(F)cc3c1=O)OC[C@@H]2C. The van der Waals surface area contributed by atoms with E-state index < -0.39 is 23.3 Å². The minimum atomic E-state index is -0.815. The standard InChI is InChI=1S/C32H30FN3O8/c1-3-40-31(38)24-16-36-19(2)17-43-29-26(36)23(27(24)37)15-25(33)28(29)42-14-13-41-22-11-9-21(10-12-22)30(34)35-32(39)44-18-20-7-5-4-6-8-20/h4-12,15-16,19H,3,13-14,17-18H2,1-2H3,(H2,34,35,39)/t19-/m0/s1. The van der Waals surface area contributed by atoms with E-state index in [1.54, 1.807) is 35.8 Å². The van der Waals surface area contributed by atoms with Crippen LogP contribution in [0.1, 0.15) is 41.4 Å². The lowest BCUT2D eigenvalue weighted by atomic mass is 10.1. The van der Waals surface area contributed by atoms with E-state index in [9.17, 15) is 14.4 Å². The highest BCUT2D eigenvalue weighted by Crippen LogP contribution is 2.41. The number of rotatable bonds is 10. The zero-order chi connectivity index (χ0) is 31.2. The first-order chi connectivity index (χ1) is 21.3. The van der Waals surface area contributed by atoms with Crippen LogP contribution in [0.2, 0.25) is 0 Å². The molecule has 0 unspecified atom stereocenters. The molecular formula is C32H30FN3O8. The third-order valence-corrected chi connectivity index (χ3v) is 6.80. The zero-order valence-corrected chi connectivity index (χ0v) is 24.1. The second kappa shape index (κ2) is 13.3. The number of hydrogen-bond acceptors (Lipinski definition) is 9. The summed E-state index contributed by atoms with van der Waals surface area (Å²) in [7, 11) is 0. The number of esters is 1. The third-order valence-electron chi connectivity index (χ3n) is 6.80. The van der Waals surface area contributed by atoms with Crippen LogP contribution in [0.3, 0.4) is 0 Å². The molecule has 0 fully saturated rings. The Morgan fingerprint density at radius 1 is 1.07 bits per heavy atom. The molecule has 1 aliphatic rings. The van der Waals surface area contributed by atoms with Crippen molar-refractivity contribution in [2.45, 2.75) is 26.5 Å². The number of amides is 1. The van der Waals surface area contributed by atoms with E-state index in [0.717, 1.165) is 11.6 Å². The summed E-state index contributed by atoms with van der Waals surface area (Å²) in [6.45, 7) is 3.83. The number of carbonyl (C=O) groups is 2. The van der Waals surface area contributed by atoms with Gasteiger partial charge < -0.3 is 28.3 Å². The number of carbonyl (C=O) groups excluding carboxylic acids is 2. The van der Waals surface area contributed by atoms with E-state index in [-0.39, 0.29) is 67.4 Å². The Bertz CT molecular complexity index is 1760. The van der Waals surface area contributed by atoms with Crippen LogP contribution >= 0.6 is 0 Å². The summed E-state index contributed by atoms with van der Waals surface area (Å²) < 4.78 is 44.2. The van der Waals surface area contributed by atoms with Gasteiger partial charge in [0.25, 0.3) is 0 Å². The van der Waals surface area contributed by atoms with Crippen LogP contribution in [0.4, 0.5) is 9.18 Å². The van der Waals surface area contributed by atoms with Crippen LogP contribution in [-0.4, -0.2) is 48.9 Å². The number of benzene rings is 3. The summed E-state index contributed by atoms with van der Waals surface area (Å²) in [5.74, 6) is -1.36. The maximum Gasteiger partial charge on any atom is 0.413 e. The fourth-order valence-corrected chi connectivity index (χ4v) is 4.64. The van der Waals surface area contributed by atoms with Crippen LogP contribution < -0.4 is 25.0 Å².